The molecule has 0 saturated carbocycles. The molecule has 1 aromatic carbocycles. The molecule has 0 amide bonds. The molecule has 0 radical (unpaired) electrons. The van der Waals surface area contributed by atoms with Crippen LogP contribution in [0.25, 0.3) is 0 Å². The molecule has 1 rings (SSSR count). The molecule has 0 aliphatic carbocycles. The maximum Gasteiger partial charge on any atom is 0.0700 e. The first-order chi connectivity index (χ1) is 8.36. The van der Waals surface area contributed by atoms with Gasteiger partial charge >= 0.3 is 0 Å². The van der Waals surface area contributed by atoms with Crippen molar-refractivity contribution < 1.29 is 14.6 Å². The van der Waals surface area contributed by atoms with Crippen LogP contribution < -0.4 is 0 Å². The number of hydrogen-bond acceptors (Lipinski definition) is 3. The number of rotatable bonds is 9. The van der Waals surface area contributed by atoms with Crippen molar-refractivity contribution in [2.75, 3.05) is 33.5 Å². The van der Waals surface area contributed by atoms with Crippen LogP contribution in [-0.2, 0) is 15.9 Å². The quantitative estimate of drug-likeness (QED) is 0.668. The first-order valence-corrected chi connectivity index (χ1v) is 6.08. The van der Waals surface area contributed by atoms with Gasteiger partial charge in [-0.2, -0.15) is 0 Å². The van der Waals surface area contributed by atoms with Gasteiger partial charge in [0.15, 0.2) is 0 Å². The molecule has 0 aliphatic heterocycles. The Balaban J connectivity index is 2.20. The van der Waals surface area contributed by atoms with Gasteiger partial charge < -0.3 is 14.6 Å². The van der Waals surface area contributed by atoms with E-state index < -0.39 is 0 Å². The highest BCUT2D eigenvalue weighted by Gasteiger charge is 2.08. The molecule has 17 heavy (non-hydrogen) atoms. The second-order valence-electron chi connectivity index (χ2n) is 4.13. The van der Waals surface area contributed by atoms with E-state index >= 15 is 0 Å². The minimum Gasteiger partial charge on any atom is -0.396 e. The summed E-state index contributed by atoms with van der Waals surface area (Å²) in [6.45, 7) is 2.15. The smallest absolute Gasteiger partial charge is 0.0700 e. The van der Waals surface area contributed by atoms with Crippen molar-refractivity contribution in [3.05, 3.63) is 35.9 Å². The Bertz CT molecular complexity index is 274. The SMILES string of the molecule is COCCOCCC(CO)Cc1ccccc1. The van der Waals surface area contributed by atoms with Gasteiger partial charge in [-0.05, 0) is 24.3 Å². The van der Waals surface area contributed by atoms with E-state index in [2.05, 4.69) is 12.1 Å². The van der Waals surface area contributed by atoms with Crippen molar-refractivity contribution in [1.82, 2.24) is 0 Å². The van der Waals surface area contributed by atoms with Gasteiger partial charge in [0.25, 0.3) is 0 Å². The Morgan fingerprint density at radius 3 is 2.53 bits per heavy atom. The highest BCUT2D eigenvalue weighted by atomic mass is 16.5. The van der Waals surface area contributed by atoms with Crippen molar-refractivity contribution in [2.45, 2.75) is 12.8 Å². The molecular weight excluding hydrogens is 216 g/mol. The zero-order valence-corrected chi connectivity index (χ0v) is 10.5. The second kappa shape index (κ2) is 9.16. The van der Waals surface area contributed by atoms with Crippen LogP contribution in [0.4, 0.5) is 0 Å². The number of aliphatic hydroxyl groups excluding tert-OH is 1. The topological polar surface area (TPSA) is 38.7 Å². The Kier molecular flexibility index (Phi) is 7.63. The van der Waals surface area contributed by atoms with E-state index in [0.717, 1.165) is 12.8 Å². The van der Waals surface area contributed by atoms with E-state index in [4.69, 9.17) is 9.47 Å². The third kappa shape index (κ3) is 6.41. The minimum absolute atomic E-state index is 0.211. The summed E-state index contributed by atoms with van der Waals surface area (Å²) in [7, 11) is 1.66. The van der Waals surface area contributed by atoms with Crippen LogP contribution >= 0.6 is 0 Å². The lowest BCUT2D eigenvalue weighted by molar-refractivity contribution is 0.0588. The second-order valence-corrected chi connectivity index (χ2v) is 4.13. The van der Waals surface area contributed by atoms with Gasteiger partial charge in [0.1, 0.15) is 0 Å². The Labute approximate surface area is 103 Å². The van der Waals surface area contributed by atoms with Crippen LogP contribution in [0.3, 0.4) is 0 Å². The van der Waals surface area contributed by atoms with Gasteiger partial charge in [0, 0.05) is 20.3 Å². The molecular formula is C14H22O3. The normalized spacial score (nSPS) is 12.6. The molecule has 1 atom stereocenters. The third-order valence-corrected chi connectivity index (χ3v) is 2.73. The van der Waals surface area contributed by atoms with Crippen molar-refractivity contribution in [2.24, 2.45) is 5.92 Å². The van der Waals surface area contributed by atoms with Crippen LogP contribution in [0.15, 0.2) is 30.3 Å². The Morgan fingerprint density at radius 1 is 1.12 bits per heavy atom. The van der Waals surface area contributed by atoms with Crippen LogP contribution in [0.5, 0.6) is 0 Å². The maximum atomic E-state index is 9.31. The monoisotopic (exact) mass is 238 g/mol. The zero-order valence-electron chi connectivity index (χ0n) is 10.5. The molecule has 1 N–H and O–H groups in total. The summed E-state index contributed by atoms with van der Waals surface area (Å²) in [5.74, 6) is 0.278. The average molecular weight is 238 g/mol. The molecule has 96 valence electrons. The van der Waals surface area contributed by atoms with Crippen LogP contribution in [0.1, 0.15) is 12.0 Å². The average Bonchev–Trinajstić information content (AvgIpc) is 2.38. The van der Waals surface area contributed by atoms with Gasteiger partial charge in [-0.15, -0.1) is 0 Å². The molecule has 1 unspecified atom stereocenters. The lowest BCUT2D eigenvalue weighted by Gasteiger charge is -2.14. The van der Waals surface area contributed by atoms with Crippen molar-refractivity contribution in [3.8, 4) is 0 Å². The predicted molar refractivity (Wildman–Crippen MR) is 68.0 cm³/mol. The van der Waals surface area contributed by atoms with Gasteiger partial charge in [-0.1, -0.05) is 30.3 Å². The van der Waals surface area contributed by atoms with E-state index in [1.807, 2.05) is 18.2 Å². The lowest BCUT2D eigenvalue weighted by Crippen LogP contribution is -2.14. The third-order valence-electron chi connectivity index (χ3n) is 2.73. The summed E-state index contributed by atoms with van der Waals surface area (Å²) in [6.07, 6.45) is 1.79. The van der Waals surface area contributed by atoms with Gasteiger partial charge in [0.05, 0.1) is 13.2 Å². The summed E-state index contributed by atoms with van der Waals surface area (Å²) < 4.78 is 10.3. The minimum atomic E-state index is 0.211. The molecule has 0 saturated heterocycles. The fourth-order valence-electron chi connectivity index (χ4n) is 1.70. The van der Waals surface area contributed by atoms with E-state index in [9.17, 15) is 5.11 Å². The molecule has 3 heteroatoms. The van der Waals surface area contributed by atoms with E-state index in [0.29, 0.717) is 19.8 Å². The lowest BCUT2D eigenvalue weighted by atomic mass is 9.97. The Morgan fingerprint density at radius 2 is 1.88 bits per heavy atom. The van der Waals surface area contributed by atoms with Crippen molar-refractivity contribution >= 4 is 0 Å². The van der Waals surface area contributed by atoms with Crippen LogP contribution in [-0.4, -0.2) is 38.6 Å². The fraction of sp³-hybridized carbons (Fsp3) is 0.571. The fourth-order valence-corrected chi connectivity index (χ4v) is 1.70. The van der Waals surface area contributed by atoms with Gasteiger partial charge in [0.2, 0.25) is 0 Å². The maximum absolute atomic E-state index is 9.31. The summed E-state index contributed by atoms with van der Waals surface area (Å²) in [5, 5.41) is 9.31. The number of hydrogen-bond donors (Lipinski definition) is 1. The van der Waals surface area contributed by atoms with Crippen molar-refractivity contribution in [3.63, 3.8) is 0 Å². The molecule has 0 aliphatic rings. The molecule has 0 fully saturated rings. The highest BCUT2D eigenvalue weighted by Crippen LogP contribution is 2.11. The predicted octanol–water partition coefficient (Wildman–Crippen LogP) is 1.89. The van der Waals surface area contributed by atoms with E-state index in [-0.39, 0.29) is 12.5 Å². The molecule has 1 aromatic rings. The molecule has 3 nitrogen and oxygen atoms in total. The largest absolute Gasteiger partial charge is 0.396 e. The first-order valence-electron chi connectivity index (χ1n) is 6.08. The standard InChI is InChI=1S/C14H22O3/c1-16-9-10-17-8-7-14(12-15)11-13-5-3-2-4-6-13/h2-6,14-15H,7-12H2,1H3. The molecule has 0 spiro atoms. The van der Waals surface area contributed by atoms with E-state index in [1.54, 1.807) is 7.11 Å². The first kappa shape index (κ1) is 14.2. The van der Waals surface area contributed by atoms with E-state index in [1.165, 1.54) is 5.56 Å². The summed E-state index contributed by atoms with van der Waals surface area (Å²) in [6, 6.07) is 10.2. The van der Waals surface area contributed by atoms with Crippen LogP contribution in [0.2, 0.25) is 0 Å². The number of aliphatic hydroxyl groups is 1. The van der Waals surface area contributed by atoms with Gasteiger partial charge in [-0.3, -0.25) is 0 Å². The summed E-state index contributed by atoms with van der Waals surface area (Å²) in [4.78, 5) is 0. The zero-order chi connectivity index (χ0) is 12.3. The molecule has 0 aromatic heterocycles. The summed E-state index contributed by atoms with van der Waals surface area (Å²) in [5.41, 5.74) is 1.27. The molecule has 0 bridgehead atoms. The van der Waals surface area contributed by atoms with Gasteiger partial charge in [-0.25, -0.2) is 0 Å². The molecule has 0 heterocycles. The summed E-state index contributed by atoms with van der Waals surface area (Å²) >= 11 is 0. The van der Waals surface area contributed by atoms with Crippen molar-refractivity contribution in [1.29, 1.82) is 0 Å². The number of benzene rings is 1. The highest BCUT2D eigenvalue weighted by molar-refractivity contribution is 5.15. The number of ether oxygens (including phenoxy) is 2. The van der Waals surface area contributed by atoms with Crippen LogP contribution in [0, 0.1) is 5.92 Å². The Hall–Kier alpha value is -0.900. The number of methoxy groups -OCH3 is 1.